The number of nitrogens with two attached hydrogens (primary N) is 1. The van der Waals surface area contributed by atoms with Gasteiger partial charge < -0.3 is 11.1 Å². The summed E-state index contributed by atoms with van der Waals surface area (Å²) in [4.78, 5) is 14.4. The van der Waals surface area contributed by atoms with Gasteiger partial charge in [-0.15, -0.1) is 0 Å². The maximum atomic E-state index is 12.2. The Morgan fingerprint density at radius 1 is 1.45 bits per heavy atom. The summed E-state index contributed by atoms with van der Waals surface area (Å²) < 4.78 is 0. The van der Waals surface area contributed by atoms with Gasteiger partial charge in [-0.25, -0.2) is 0 Å². The largest absolute Gasteiger partial charge is 0.397 e. The number of para-hydroxylation sites is 1. The molecule has 1 aliphatic carbocycles. The maximum absolute atomic E-state index is 12.2. The van der Waals surface area contributed by atoms with Gasteiger partial charge in [0.05, 0.1) is 17.9 Å². The lowest BCUT2D eigenvalue weighted by atomic mass is 10.1. The predicted octanol–water partition coefficient (Wildman–Crippen LogP) is 2.64. The Hall–Kier alpha value is -1.55. The van der Waals surface area contributed by atoms with Gasteiger partial charge in [-0.05, 0) is 50.3 Å². The average molecular weight is 275 g/mol. The highest BCUT2D eigenvalue weighted by atomic mass is 16.2. The van der Waals surface area contributed by atoms with E-state index in [4.69, 9.17) is 5.73 Å². The van der Waals surface area contributed by atoms with Crippen LogP contribution in [0.3, 0.4) is 0 Å². The lowest BCUT2D eigenvalue weighted by Gasteiger charge is -2.21. The zero-order chi connectivity index (χ0) is 14.5. The van der Waals surface area contributed by atoms with Crippen LogP contribution in [0.2, 0.25) is 0 Å². The molecule has 110 valence electrons. The van der Waals surface area contributed by atoms with Crippen LogP contribution < -0.4 is 11.1 Å². The van der Waals surface area contributed by atoms with Crippen LogP contribution in [-0.4, -0.2) is 30.4 Å². The van der Waals surface area contributed by atoms with E-state index >= 15 is 0 Å². The van der Waals surface area contributed by atoms with Crippen LogP contribution in [0.1, 0.15) is 31.7 Å². The van der Waals surface area contributed by atoms with Crippen molar-refractivity contribution in [3.63, 3.8) is 0 Å². The van der Waals surface area contributed by atoms with Crippen molar-refractivity contribution in [3.05, 3.63) is 23.8 Å². The highest BCUT2D eigenvalue weighted by Crippen LogP contribution is 2.29. The molecule has 0 heterocycles. The second-order valence-electron chi connectivity index (χ2n) is 5.77. The Morgan fingerprint density at radius 3 is 2.80 bits per heavy atom. The Kier molecular flexibility index (Phi) is 5.01. The summed E-state index contributed by atoms with van der Waals surface area (Å²) >= 11 is 0. The van der Waals surface area contributed by atoms with Crippen LogP contribution in [0.5, 0.6) is 0 Å². The van der Waals surface area contributed by atoms with E-state index in [9.17, 15) is 4.79 Å². The van der Waals surface area contributed by atoms with Crippen LogP contribution in [0.25, 0.3) is 0 Å². The molecule has 1 aliphatic rings. The summed E-state index contributed by atoms with van der Waals surface area (Å²) in [6.45, 7) is 6.59. The monoisotopic (exact) mass is 275 g/mol. The maximum Gasteiger partial charge on any atom is 0.238 e. The Balaban J connectivity index is 1.92. The molecule has 0 atom stereocenters. The fraction of sp³-hybridized carbons (Fsp3) is 0.562. The van der Waals surface area contributed by atoms with E-state index in [0.29, 0.717) is 12.2 Å². The molecular weight excluding hydrogens is 250 g/mol. The Morgan fingerprint density at radius 2 is 2.20 bits per heavy atom. The number of hydrogen-bond donors (Lipinski definition) is 2. The van der Waals surface area contributed by atoms with Crippen LogP contribution >= 0.6 is 0 Å². The SMILES string of the molecule is CCCN(CC(=O)Nc1c(C)cccc1N)CC1CC1. The first-order valence-corrected chi connectivity index (χ1v) is 7.47. The first kappa shape index (κ1) is 14.9. The molecule has 0 aromatic heterocycles. The van der Waals surface area contributed by atoms with Gasteiger partial charge in [0.25, 0.3) is 0 Å². The summed E-state index contributed by atoms with van der Waals surface area (Å²) in [7, 11) is 0. The van der Waals surface area contributed by atoms with Crippen molar-refractivity contribution in [2.45, 2.75) is 33.1 Å². The van der Waals surface area contributed by atoms with Gasteiger partial charge in [0.2, 0.25) is 5.91 Å². The van der Waals surface area contributed by atoms with E-state index in [0.717, 1.165) is 36.7 Å². The summed E-state index contributed by atoms with van der Waals surface area (Å²) in [5.41, 5.74) is 8.30. The quantitative estimate of drug-likeness (QED) is 0.752. The molecule has 3 N–H and O–H groups in total. The zero-order valence-corrected chi connectivity index (χ0v) is 12.5. The van der Waals surface area contributed by atoms with Gasteiger partial charge in [0, 0.05) is 6.54 Å². The topological polar surface area (TPSA) is 58.4 Å². The van der Waals surface area contributed by atoms with Crippen molar-refractivity contribution >= 4 is 17.3 Å². The highest BCUT2D eigenvalue weighted by molar-refractivity contribution is 5.96. The lowest BCUT2D eigenvalue weighted by molar-refractivity contribution is -0.117. The van der Waals surface area contributed by atoms with E-state index < -0.39 is 0 Å². The van der Waals surface area contributed by atoms with Gasteiger partial charge in [-0.2, -0.15) is 0 Å². The van der Waals surface area contributed by atoms with Crippen molar-refractivity contribution in [2.75, 3.05) is 30.7 Å². The summed E-state index contributed by atoms with van der Waals surface area (Å²) in [6.07, 6.45) is 3.70. The number of carbonyl (C=O) groups is 1. The lowest BCUT2D eigenvalue weighted by Crippen LogP contribution is -2.35. The third kappa shape index (κ3) is 4.23. The molecule has 2 rings (SSSR count). The fourth-order valence-corrected chi connectivity index (χ4v) is 2.46. The zero-order valence-electron chi connectivity index (χ0n) is 12.5. The molecule has 0 radical (unpaired) electrons. The Bertz CT molecular complexity index is 449. The summed E-state index contributed by atoms with van der Waals surface area (Å²) in [5, 5.41) is 2.96. The highest BCUT2D eigenvalue weighted by Gasteiger charge is 2.25. The third-order valence-corrected chi connectivity index (χ3v) is 3.69. The summed E-state index contributed by atoms with van der Waals surface area (Å²) in [5.74, 6) is 0.831. The first-order chi connectivity index (χ1) is 9.60. The first-order valence-electron chi connectivity index (χ1n) is 7.47. The standard InChI is InChI=1S/C16H25N3O/c1-3-9-19(10-13-7-8-13)11-15(20)18-16-12(2)5-4-6-14(16)17/h4-6,13H,3,7-11,17H2,1-2H3,(H,18,20). The van der Waals surface area contributed by atoms with E-state index in [-0.39, 0.29) is 5.91 Å². The smallest absolute Gasteiger partial charge is 0.238 e. The molecule has 0 saturated heterocycles. The summed E-state index contributed by atoms with van der Waals surface area (Å²) in [6, 6.07) is 5.67. The Labute approximate surface area is 121 Å². The minimum atomic E-state index is 0.0279. The normalized spacial score (nSPS) is 14.6. The van der Waals surface area contributed by atoms with E-state index in [1.807, 2.05) is 25.1 Å². The van der Waals surface area contributed by atoms with E-state index in [1.54, 1.807) is 0 Å². The number of amides is 1. The predicted molar refractivity (Wildman–Crippen MR) is 83.7 cm³/mol. The number of hydrogen-bond acceptors (Lipinski definition) is 3. The van der Waals surface area contributed by atoms with Crippen molar-refractivity contribution in [2.24, 2.45) is 5.92 Å². The minimum absolute atomic E-state index is 0.0279. The molecule has 0 spiro atoms. The van der Waals surface area contributed by atoms with Gasteiger partial charge in [0.1, 0.15) is 0 Å². The number of anilines is 2. The molecule has 1 saturated carbocycles. The van der Waals surface area contributed by atoms with Crippen molar-refractivity contribution in [1.82, 2.24) is 4.90 Å². The molecular formula is C16H25N3O. The van der Waals surface area contributed by atoms with Gasteiger partial charge in [-0.3, -0.25) is 9.69 Å². The molecule has 0 unspecified atom stereocenters. The number of carbonyl (C=O) groups excluding carboxylic acids is 1. The molecule has 0 aliphatic heterocycles. The number of benzene rings is 1. The van der Waals surface area contributed by atoms with E-state index in [1.165, 1.54) is 12.8 Å². The van der Waals surface area contributed by atoms with Crippen molar-refractivity contribution < 1.29 is 4.79 Å². The minimum Gasteiger partial charge on any atom is -0.397 e. The van der Waals surface area contributed by atoms with Gasteiger partial charge in [-0.1, -0.05) is 19.1 Å². The number of nitrogens with zero attached hydrogens (tertiary/aromatic N) is 1. The molecule has 20 heavy (non-hydrogen) atoms. The molecule has 1 aromatic carbocycles. The average Bonchev–Trinajstić information content (AvgIpc) is 3.18. The van der Waals surface area contributed by atoms with Crippen LogP contribution in [0, 0.1) is 12.8 Å². The van der Waals surface area contributed by atoms with Crippen LogP contribution in [-0.2, 0) is 4.79 Å². The molecule has 4 heteroatoms. The molecule has 1 fully saturated rings. The van der Waals surface area contributed by atoms with Gasteiger partial charge >= 0.3 is 0 Å². The third-order valence-electron chi connectivity index (χ3n) is 3.69. The van der Waals surface area contributed by atoms with Gasteiger partial charge in [0.15, 0.2) is 0 Å². The van der Waals surface area contributed by atoms with Crippen molar-refractivity contribution in [1.29, 1.82) is 0 Å². The second kappa shape index (κ2) is 6.75. The van der Waals surface area contributed by atoms with E-state index in [2.05, 4.69) is 17.1 Å². The van der Waals surface area contributed by atoms with Crippen molar-refractivity contribution in [3.8, 4) is 0 Å². The number of nitrogens with one attached hydrogen (secondary N) is 1. The molecule has 0 bridgehead atoms. The molecule has 1 amide bonds. The number of aryl methyl sites for hydroxylation is 1. The molecule has 1 aromatic rings. The molecule has 4 nitrogen and oxygen atoms in total. The van der Waals surface area contributed by atoms with Crippen LogP contribution in [0.15, 0.2) is 18.2 Å². The number of rotatable bonds is 7. The fourth-order valence-electron chi connectivity index (χ4n) is 2.46. The van der Waals surface area contributed by atoms with Crippen LogP contribution in [0.4, 0.5) is 11.4 Å². The number of nitrogen functional groups attached to an aromatic ring is 1. The second-order valence-corrected chi connectivity index (χ2v) is 5.77.